The van der Waals surface area contributed by atoms with Crippen LogP contribution in [0.5, 0.6) is 0 Å². The number of halogens is 1. The largest absolute Gasteiger partial charge is 0.352 e. The minimum absolute atomic E-state index is 0.626. The van der Waals surface area contributed by atoms with Crippen LogP contribution in [0, 0.1) is 13.8 Å². The zero-order chi connectivity index (χ0) is 12.7. The Balaban J connectivity index is 2.14. The zero-order valence-corrected chi connectivity index (χ0v) is 12.2. The molecule has 0 N–H and O–H groups in total. The maximum atomic E-state index is 5.93. The Morgan fingerprint density at radius 3 is 2.83 bits per heavy atom. The van der Waals surface area contributed by atoms with Gasteiger partial charge in [0.15, 0.2) is 0 Å². The summed E-state index contributed by atoms with van der Waals surface area (Å²) >= 11 is 7.68. The predicted molar refractivity (Wildman–Crippen MR) is 78.0 cm³/mol. The summed E-state index contributed by atoms with van der Waals surface area (Å²) in [6.45, 7) is 5.17. The molecule has 1 aliphatic carbocycles. The van der Waals surface area contributed by atoms with Crippen molar-refractivity contribution >= 4 is 39.0 Å². The predicted octanol–water partition coefficient (Wildman–Crippen LogP) is 3.52. The SMILES string of the molecule is Cc1sc2ncnc(N(CCCl)C3CC3)c2c1C. The van der Waals surface area contributed by atoms with Gasteiger partial charge in [-0.15, -0.1) is 22.9 Å². The van der Waals surface area contributed by atoms with E-state index in [0.29, 0.717) is 11.9 Å². The van der Waals surface area contributed by atoms with Crippen molar-refractivity contribution in [2.24, 2.45) is 0 Å². The molecule has 0 bridgehead atoms. The van der Waals surface area contributed by atoms with Crippen LogP contribution in [0.25, 0.3) is 10.2 Å². The fourth-order valence-corrected chi connectivity index (χ4v) is 3.49. The van der Waals surface area contributed by atoms with E-state index in [2.05, 4.69) is 28.7 Å². The summed E-state index contributed by atoms with van der Waals surface area (Å²) in [7, 11) is 0. The first-order valence-electron chi connectivity index (χ1n) is 6.25. The molecule has 0 spiro atoms. The summed E-state index contributed by atoms with van der Waals surface area (Å²) < 4.78 is 0. The lowest BCUT2D eigenvalue weighted by Gasteiger charge is -2.23. The third kappa shape index (κ3) is 1.97. The average molecular weight is 282 g/mol. The molecular formula is C13H16ClN3S. The third-order valence-corrected chi connectivity index (χ3v) is 4.81. The molecule has 2 aromatic rings. The minimum Gasteiger partial charge on any atom is -0.352 e. The number of hydrogen-bond acceptors (Lipinski definition) is 4. The molecule has 0 amide bonds. The zero-order valence-electron chi connectivity index (χ0n) is 10.6. The van der Waals surface area contributed by atoms with Gasteiger partial charge >= 0.3 is 0 Å². The maximum absolute atomic E-state index is 5.93. The first kappa shape index (κ1) is 12.2. The highest BCUT2D eigenvalue weighted by Gasteiger charge is 2.31. The van der Waals surface area contributed by atoms with Gasteiger partial charge in [-0.25, -0.2) is 9.97 Å². The number of aryl methyl sites for hydroxylation is 2. The standard InChI is InChI=1S/C13H16ClN3S/c1-8-9(2)18-13-11(8)12(15-7-16-13)17(6-5-14)10-3-4-10/h7,10H,3-6H2,1-2H3. The molecule has 1 aliphatic rings. The van der Waals surface area contributed by atoms with Crippen LogP contribution >= 0.6 is 22.9 Å². The molecule has 18 heavy (non-hydrogen) atoms. The maximum Gasteiger partial charge on any atom is 0.141 e. The van der Waals surface area contributed by atoms with E-state index >= 15 is 0 Å². The number of alkyl halides is 1. The topological polar surface area (TPSA) is 29.0 Å². The molecule has 0 aromatic carbocycles. The Kier molecular flexibility index (Phi) is 3.16. The van der Waals surface area contributed by atoms with E-state index in [0.717, 1.165) is 17.2 Å². The van der Waals surface area contributed by atoms with E-state index in [1.807, 2.05) is 0 Å². The molecule has 0 atom stereocenters. The van der Waals surface area contributed by atoms with Gasteiger partial charge in [-0.2, -0.15) is 0 Å². The van der Waals surface area contributed by atoms with Crippen LogP contribution in [-0.2, 0) is 0 Å². The molecule has 3 rings (SSSR count). The lowest BCUT2D eigenvalue weighted by molar-refractivity contribution is 0.814. The van der Waals surface area contributed by atoms with E-state index in [1.54, 1.807) is 17.7 Å². The first-order valence-corrected chi connectivity index (χ1v) is 7.60. The van der Waals surface area contributed by atoms with Gasteiger partial charge in [0.1, 0.15) is 17.0 Å². The number of fused-ring (bicyclic) bond motifs is 1. The number of thiophene rings is 1. The molecule has 0 radical (unpaired) electrons. The Morgan fingerprint density at radius 1 is 1.39 bits per heavy atom. The molecule has 0 aliphatic heterocycles. The number of aromatic nitrogens is 2. The molecule has 2 aromatic heterocycles. The quantitative estimate of drug-likeness (QED) is 0.803. The van der Waals surface area contributed by atoms with Crippen LogP contribution in [0.4, 0.5) is 5.82 Å². The molecule has 0 saturated heterocycles. The molecule has 1 saturated carbocycles. The molecule has 0 unspecified atom stereocenters. The second kappa shape index (κ2) is 4.67. The average Bonchev–Trinajstić information content (AvgIpc) is 3.15. The summed E-state index contributed by atoms with van der Waals surface area (Å²) in [5, 5.41) is 1.22. The second-order valence-corrected chi connectivity index (χ2v) is 6.36. The van der Waals surface area contributed by atoms with Crippen molar-refractivity contribution in [1.29, 1.82) is 0 Å². The van der Waals surface area contributed by atoms with Crippen molar-refractivity contribution in [3.63, 3.8) is 0 Å². The van der Waals surface area contributed by atoms with Crippen molar-refractivity contribution in [3.05, 3.63) is 16.8 Å². The Labute approximate surface area is 116 Å². The summed E-state index contributed by atoms with van der Waals surface area (Å²) in [4.78, 5) is 13.7. The number of anilines is 1. The normalized spacial score (nSPS) is 15.3. The van der Waals surface area contributed by atoms with Crippen molar-refractivity contribution in [1.82, 2.24) is 9.97 Å². The van der Waals surface area contributed by atoms with Crippen molar-refractivity contribution < 1.29 is 0 Å². The highest BCUT2D eigenvalue weighted by Crippen LogP contribution is 2.38. The summed E-state index contributed by atoms with van der Waals surface area (Å²) in [6, 6.07) is 0.626. The van der Waals surface area contributed by atoms with Gasteiger partial charge in [0.2, 0.25) is 0 Å². The molecule has 3 nitrogen and oxygen atoms in total. The molecule has 5 heteroatoms. The van der Waals surface area contributed by atoms with Gasteiger partial charge < -0.3 is 4.90 Å². The van der Waals surface area contributed by atoms with E-state index in [-0.39, 0.29) is 0 Å². The minimum atomic E-state index is 0.626. The van der Waals surface area contributed by atoms with E-state index < -0.39 is 0 Å². The van der Waals surface area contributed by atoms with Gasteiger partial charge in [-0.3, -0.25) is 0 Å². The number of nitrogens with zero attached hydrogens (tertiary/aromatic N) is 3. The lowest BCUT2D eigenvalue weighted by atomic mass is 10.2. The Bertz CT molecular complexity index is 577. The van der Waals surface area contributed by atoms with Gasteiger partial charge in [0.25, 0.3) is 0 Å². The third-order valence-electron chi connectivity index (χ3n) is 3.53. The molecular weight excluding hydrogens is 266 g/mol. The molecule has 96 valence electrons. The van der Waals surface area contributed by atoms with Gasteiger partial charge in [-0.05, 0) is 32.3 Å². The fraction of sp³-hybridized carbons (Fsp3) is 0.538. The van der Waals surface area contributed by atoms with Crippen LogP contribution < -0.4 is 4.90 Å². The van der Waals surface area contributed by atoms with Crippen LogP contribution in [0.1, 0.15) is 23.3 Å². The van der Waals surface area contributed by atoms with E-state index in [1.165, 1.54) is 28.7 Å². The van der Waals surface area contributed by atoms with Crippen LogP contribution in [-0.4, -0.2) is 28.4 Å². The van der Waals surface area contributed by atoms with E-state index in [4.69, 9.17) is 11.6 Å². The summed E-state index contributed by atoms with van der Waals surface area (Å²) in [5.74, 6) is 1.72. The van der Waals surface area contributed by atoms with Crippen LogP contribution in [0.3, 0.4) is 0 Å². The summed E-state index contributed by atoms with van der Waals surface area (Å²) in [6.07, 6.45) is 4.19. The van der Waals surface area contributed by atoms with Gasteiger partial charge in [0, 0.05) is 23.3 Å². The Morgan fingerprint density at radius 2 is 2.17 bits per heavy atom. The molecule has 2 heterocycles. The second-order valence-electron chi connectivity index (χ2n) is 4.77. The fourth-order valence-electron chi connectivity index (χ4n) is 2.32. The van der Waals surface area contributed by atoms with Gasteiger partial charge in [0.05, 0.1) is 5.39 Å². The number of hydrogen-bond donors (Lipinski definition) is 0. The van der Waals surface area contributed by atoms with Crippen molar-refractivity contribution in [2.75, 3.05) is 17.3 Å². The van der Waals surface area contributed by atoms with Crippen molar-refractivity contribution in [3.8, 4) is 0 Å². The first-order chi connectivity index (χ1) is 8.72. The monoisotopic (exact) mass is 281 g/mol. The highest BCUT2D eigenvalue weighted by atomic mass is 35.5. The van der Waals surface area contributed by atoms with Crippen LogP contribution in [0.2, 0.25) is 0 Å². The smallest absolute Gasteiger partial charge is 0.141 e. The number of rotatable bonds is 4. The highest BCUT2D eigenvalue weighted by molar-refractivity contribution is 7.18. The van der Waals surface area contributed by atoms with Crippen LogP contribution in [0.15, 0.2) is 6.33 Å². The Hall–Kier alpha value is -0.870. The van der Waals surface area contributed by atoms with Gasteiger partial charge in [-0.1, -0.05) is 0 Å². The molecule has 1 fully saturated rings. The summed E-state index contributed by atoms with van der Waals surface area (Å²) in [5.41, 5.74) is 1.31. The van der Waals surface area contributed by atoms with E-state index in [9.17, 15) is 0 Å². The lowest BCUT2D eigenvalue weighted by Crippen LogP contribution is -2.28. The van der Waals surface area contributed by atoms with Crippen molar-refractivity contribution in [2.45, 2.75) is 32.7 Å².